The maximum absolute atomic E-state index is 12.9. The van der Waals surface area contributed by atoms with Gasteiger partial charge in [-0.1, -0.05) is 52.3 Å². The molecule has 3 N–H and O–H groups in total. The second-order valence-corrected chi connectivity index (χ2v) is 16.2. The lowest BCUT2D eigenvalue weighted by Crippen LogP contribution is -2.54. The molecule has 13 nitrogen and oxygen atoms in total. The van der Waals surface area contributed by atoms with E-state index in [-0.39, 0.29) is 56.8 Å². The first-order valence-corrected chi connectivity index (χ1v) is 20.6. The van der Waals surface area contributed by atoms with Gasteiger partial charge in [-0.3, -0.25) is 19.0 Å². The molecule has 2 aliphatic rings. The van der Waals surface area contributed by atoms with Crippen molar-refractivity contribution in [2.45, 2.75) is 66.1 Å². The van der Waals surface area contributed by atoms with Crippen LogP contribution in [0, 0.1) is 25.7 Å². The van der Waals surface area contributed by atoms with Crippen LogP contribution in [0.4, 0.5) is 11.4 Å². The molecule has 18 heteroatoms. The zero-order chi connectivity index (χ0) is 41.6. The first-order chi connectivity index (χ1) is 27.2. The number of amides is 2. The molecule has 0 saturated carbocycles. The number of hydrogen-bond acceptors (Lipinski definition) is 9. The van der Waals surface area contributed by atoms with E-state index in [0.717, 1.165) is 17.1 Å². The topological polar surface area (TPSA) is 143 Å². The van der Waals surface area contributed by atoms with E-state index in [0.29, 0.717) is 86.5 Å². The Morgan fingerprint density at radius 2 is 1.19 bits per heavy atom. The molecule has 0 radical (unpaired) electrons. The lowest BCUT2D eigenvalue weighted by Gasteiger charge is -2.41. The van der Waals surface area contributed by atoms with E-state index in [1.54, 1.807) is 28.4 Å². The van der Waals surface area contributed by atoms with Gasteiger partial charge in [-0.15, -0.1) is 0 Å². The van der Waals surface area contributed by atoms with E-state index in [1.165, 1.54) is 0 Å². The molecule has 2 aliphatic heterocycles. The van der Waals surface area contributed by atoms with Crippen LogP contribution in [0.1, 0.15) is 42.1 Å². The van der Waals surface area contributed by atoms with Crippen molar-refractivity contribution in [2.24, 2.45) is 0 Å². The average Bonchev–Trinajstić information content (AvgIpc) is 3.60. The maximum atomic E-state index is 12.9. The summed E-state index contributed by atoms with van der Waals surface area (Å²) in [6.45, 7) is 11.4. The van der Waals surface area contributed by atoms with Crippen LogP contribution < -0.4 is 9.80 Å². The van der Waals surface area contributed by atoms with Gasteiger partial charge in [0.05, 0.1) is 34.6 Å². The number of carbonyl (C=O) groups is 2. The Bertz CT molecular complexity index is 2150. The number of aromatic nitrogens is 4. The number of benzene rings is 2. The summed E-state index contributed by atoms with van der Waals surface area (Å²) in [5, 5.41) is 38.3. The second kappa shape index (κ2) is 20.0. The highest BCUT2D eigenvalue weighted by Crippen LogP contribution is 2.28. The summed E-state index contributed by atoms with van der Waals surface area (Å²) in [6, 6.07) is 11.3. The van der Waals surface area contributed by atoms with Crippen molar-refractivity contribution in [3.63, 3.8) is 0 Å². The molecule has 306 valence electrons. The molecule has 4 heterocycles. The van der Waals surface area contributed by atoms with Gasteiger partial charge in [-0.25, -0.2) is 0 Å². The molecule has 2 atom stereocenters. The predicted molar refractivity (Wildman–Crippen MR) is 227 cm³/mol. The fourth-order valence-corrected chi connectivity index (χ4v) is 7.99. The monoisotopic (exact) mass is 924 g/mol. The Morgan fingerprint density at radius 1 is 0.737 bits per heavy atom. The van der Waals surface area contributed by atoms with E-state index in [2.05, 4.69) is 47.8 Å². The highest BCUT2D eigenvalue weighted by atomic mass is 79.9. The smallest absolute Gasteiger partial charge is 0.244 e. The molecule has 0 unspecified atom stereocenters. The van der Waals surface area contributed by atoms with Gasteiger partial charge < -0.3 is 34.9 Å². The fraction of sp³-hybridized carbons (Fsp3) is 0.436. The maximum Gasteiger partial charge on any atom is 0.244 e. The Morgan fingerprint density at radius 3 is 1.60 bits per heavy atom. The number of carbonyl (C=O) groups excluding carboxylic acids is 2. The minimum Gasteiger partial charge on any atom is -0.392 e. The lowest BCUT2D eigenvalue weighted by molar-refractivity contribution is -0.135. The van der Waals surface area contributed by atoms with Crippen LogP contribution in [0.3, 0.4) is 0 Å². The zero-order valence-corrected chi connectivity index (χ0v) is 36.6. The highest BCUT2D eigenvalue weighted by molar-refractivity contribution is 9.10. The largest absolute Gasteiger partial charge is 0.392 e. The van der Waals surface area contributed by atoms with Crippen molar-refractivity contribution in [3.05, 3.63) is 89.3 Å². The number of nitrogens with zero attached hydrogens (tertiary/aromatic N) is 8. The molecule has 2 saturated heterocycles. The normalized spacial score (nSPS) is 16.9. The number of piperazine rings is 2. The first kappa shape index (κ1) is 44.6. The standard InChI is InChI=1S/C21H24Cl2N4O3.C18H21BrCl2N4O2/c1-14-11-25(17-5-6-18(22)16(10-17)13-29)7-8-26(14)20(30)12-27-15(2)21(23)19(24-27)4-3-9-28;1-11-8-23(14-3-4-15(20)13(7-14)10-26)5-6-24(11)16(27)9-25-12(2)17(21)18(19)22-25/h5-6,10,14,28-29H,7-9,11-13H2,1-2H3;3-4,7,11,26H,5-6,8-10H2,1-2H3/t14-;11-/m00/s1. The number of aliphatic hydroxyl groups is 3. The third-order valence-corrected chi connectivity index (χ3v) is 12.5. The van der Waals surface area contributed by atoms with Crippen molar-refractivity contribution in [2.75, 3.05) is 55.7 Å². The molecule has 0 spiro atoms. The van der Waals surface area contributed by atoms with E-state index < -0.39 is 0 Å². The third-order valence-electron chi connectivity index (χ3n) is 10.1. The average molecular weight is 928 g/mol. The first-order valence-electron chi connectivity index (χ1n) is 18.3. The van der Waals surface area contributed by atoms with Crippen molar-refractivity contribution in [1.82, 2.24) is 29.4 Å². The summed E-state index contributed by atoms with van der Waals surface area (Å²) in [5.74, 6) is 5.20. The van der Waals surface area contributed by atoms with Crippen LogP contribution in [-0.2, 0) is 35.9 Å². The summed E-state index contributed by atoms with van der Waals surface area (Å²) >= 11 is 27.8. The Balaban J connectivity index is 0.000000219. The Labute approximate surface area is 360 Å². The van der Waals surface area contributed by atoms with E-state index in [4.69, 9.17) is 51.5 Å². The van der Waals surface area contributed by atoms with Gasteiger partial charge in [0.1, 0.15) is 24.3 Å². The van der Waals surface area contributed by atoms with Crippen LogP contribution in [0.15, 0.2) is 41.0 Å². The molecule has 0 aliphatic carbocycles. The number of hydrogen-bond donors (Lipinski definition) is 3. The van der Waals surface area contributed by atoms with Crippen LogP contribution in [-0.4, -0.2) is 114 Å². The van der Waals surface area contributed by atoms with Crippen LogP contribution in [0.2, 0.25) is 20.1 Å². The molecule has 2 aromatic heterocycles. The number of anilines is 2. The summed E-state index contributed by atoms with van der Waals surface area (Å²) in [7, 11) is 0. The number of halogens is 5. The molecule has 2 aromatic carbocycles. The minimum absolute atomic E-state index is 0.000467. The highest BCUT2D eigenvalue weighted by Gasteiger charge is 2.30. The SMILES string of the molecule is Cc1c(Cl)c(Br)nn1CC(=O)N1CCN(c2ccc(Cl)c(CO)c2)C[C@@H]1C.Cc1c(Cl)c(C#CCO)nn1CC(=O)N1CCN(c2ccc(Cl)c(CO)c2)C[C@@H]1C. The van der Waals surface area contributed by atoms with Gasteiger partial charge >= 0.3 is 0 Å². The second-order valence-electron chi connectivity index (χ2n) is 13.8. The predicted octanol–water partition coefficient (Wildman–Crippen LogP) is 5.56. The van der Waals surface area contributed by atoms with Gasteiger partial charge in [-0.2, -0.15) is 10.2 Å². The van der Waals surface area contributed by atoms with Crippen LogP contribution >= 0.6 is 62.3 Å². The molecule has 2 fully saturated rings. The molecule has 4 aromatic rings. The summed E-state index contributed by atoms with van der Waals surface area (Å²) in [4.78, 5) is 33.8. The molecule has 0 bridgehead atoms. The quantitative estimate of drug-likeness (QED) is 0.194. The summed E-state index contributed by atoms with van der Waals surface area (Å²) in [6.07, 6.45) is 0. The molecular formula is C39H45BrCl4N8O5. The van der Waals surface area contributed by atoms with Crippen LogP contribution in [0.25, 0.3) is 0 Å². The van der Waals surface area contributed by atoms with Gasteiger partial charge in [0.15, 0.2) is 5.69 Å². The van der Waals surface area contributed by atoms with Gasteiger partial charge in [0.2, 0.25) is 11.8 Å². The zero-order valence-electron chi connectivity index (χ0n) is 32.0. The van der Waals surface area contributed by atoms with Crippen LogP contribution in [0.5, 0.6) is 0 Å². The number of rotatable bonds is 8. The minimum atomic E-state index is -0.281. The van der Waals surface area contributed by atoms with E-state index >= 15 is 0 Å². The molecular weight excluding hydrogens is 882 g/mol. The third kappa shape index (κ3) is 10.6. The summed E-state index contributed by atoms with van der Waals surface area (Å²) in [5.41, 5.74) is 5.15. The number of aliphatic hydroxyl groups excluding tert-OH is 3. The summed E-state index contributed by atoms with van der Waals surface area (Å²) < 4.78 is 3.73. The van der Waals surface area contributed by atoms with Crippen molar-refractivity contribution >= 4 is 85.5 Å². The Kier molecular flexibility index (Phi) is 15.6. The van der Waals surface area contributed by atoms with E-state index in [1.807, 2.05) is 54.8 Å². The molecule has 6 rings (SSSR count). The molecule has 2 amide bonds. The van der Waals surface area contributed by atoms with Gasteiger partial charge in [0, 0.05) is 72.8 Å². The van der Waals surface area contributed by atoms with E-state index in [9.17, 15) is 19.8 Å². The van der Waals surface area contributed by atoms with Crippen molar-refractivity contribution in [1.29, 1.82) is 0 Å². The van der Waals surface area contributed by atoms with Gasteiger partial charge in [0.25, 0.3) is 0 Å². The van der Waals surface area contributed by atoms with Crippen molar-refractivity contribution in [3.8, 4) is 11.8 Å². The molecule has 57 heavy (non-hydrogen) atoms. The van der Waals surface area contributed by atoms with Crippen molar-refractivity contribution < 1.29 is 24.9 Å². The lowest BCUT2D eigenvalue weighted by atomic mass is 10.1. The Hall–Kier alpha value is -3.52. The van der Waals surface area contributed by atoms with Gasteiger partial charge in [-0.05, 0) is 97.1 Å². The fourth-order valence-electron chi connectivity index (χ4n) is 6.84.